The molecule has 132 valence electrons. The van der Waals surface area contributed by atoms with Crippen LogP contribution in [0, 0.1) is 0 Å². The predicted octanol–water partition coefficient (Wildman–Crippen LogP) is 2.51. The first-order valence-corrected chi connectivity index (χ1v) is 8.31. The molecule has 0 spiro atoms. The highest BCUT2D eigenvalue weighted by molar-refractivity contribution is 5.85. The van der Waals surface area contributed by atoms with Gasteiger partial charge in [-0.05, 0) is 31.4 Å². The van der Waals surface area contributed by atoms with E-state index in [4.69, 9.17) is 0 Å². The molecule has 0 aliphatic rings. The number of guanidine groups is 1. The van der Waals surface area contributed by atoms with Crippen LogP contribution in [-0.2, 0) is 11.2 Å². The molecule has 0 saturated carbocycles. The third kappa shape index (κ3) is 6.86. The van der Waals surface area contributed by atoms with Gasteiger partial charge in [0.2, 0.25) is 5.91 Å². The van der Waals surface area contributed by atoms with Crippen LogP contribution in [-0.4, -0.2) is 44.0 Å². The lowest BCUT2D eigenvalue weighted by Gasteiger charge is -2.19. The van der Waals surface area contributed by atoms with Gasteiger partial charge in [-0.3, -0.25) is 4.79 Å². The molecular weight excluding hydrogens is 300 g/mol. The summed E-state index contributed by atoms with van der Waals surface area (Å²) in [7, 11) is 3.45. The van der Waals surface area contributed by atoms with Gasteiger partial charge in [0, 0.05) is 20.6 Å². The molecule has 1 amide bonds. The van der Waals surface area contributed by atoms with Gasteiger partial charge in [0.1, 0.15) is 6.54 Å². The van der Waals surface area contributed by atoms with Crippen molar-refractivity contribution in [2.24, 2.45) is 4.99 Å². The molecule has 0 radical (unpaired) electrons. The van der Waals surface area contributed by atoms with Crippen molar-refractivity contribution in [3.8, 4) is 0 Å². The summed E-state index contributed by atoms with van der Waals surface area (Å²) in [5.41, 5.74) is 3.50. The summed E-state index contributed by atoms with van der Waals surface area (Å²) in [5.74, 6) is 0.576. The predicted molar refractivity (Wildman–Crippen MR) is 101 cm³/mol. The Balaban J connectivity index is 2.79. The summed E-state index contributed by atoms with van der Waals surface area (Å²) < 4.78 is 0. The zero-order chi connectivity index (χ0) is 18.1. The average Bonchev–Trinajstić information content (AvgIpc) is 2.56. The third-order valence-corrected chi connectivity index (χ3v) is 3.67. The van der Waals surface area contributed by atoms with Gasteiger partial charge in [0.05, 0.1) is 6.04 Å². The summed E-state index contributed by atoms with van der Waals surface area (Å²) in [6.07, 6.45) is 1.03. The average molecular weight is 330 g/mol. The van der Waals surface area contributed by atoms with Crippen molar-refractivity contribution in [3.63, 3.8) is 0 Å². The van der Waals surface area contributed by atoms with Crippen LogP contribution >= 0.6 is 0 Å². The molecule has 0 aromatic heterocycles. The number of amides is 1. The van der Waals surface area contributed by atoms with Crippen molar-refractivity contribution in [1.82, 2.24) is 15.5 Å². The number of benzene rings is 1. The van der Waals surface area contributed by atoms with Gasteiger partial charge in [0.25, 0.3) is 0 Å². The maximum absolute atomic E-state index is 11.8. The molecule has 0 aliphatic heterocycles. The highest BCUT2D eigenvalue weighted by atomic mass is 16.2. The molecular formula is C19H30N4O. The van der Waals surface area contributed by atoms with Crippen molar-refractivity contribution >= 4 is 11.9 Å². The molecule has 1 aromatic rings. The Labute approximate surface area is 145 Å². The summed E-state index contributed by atoms with van der Waals surface area (Å²) in [5, 5.41) is 6.55. The number of hydrogen-bond donors (Lipinski definition) is 2. The monoisotopic (exact) mass is 330 g/mol. The van der Waals surface area contributed by atoms with Gasteiger partial charge < -0.3 is 15.5 Å². The molecule has 0 saturated heterocycles. The van der Waals surface area contributed by atoms with Gasteiger partial charge in [-0.1, -0.05) is 43.3 Å². The van der Waals surface area contributed by atoms with E-state index in [9.17, 15) is 4.79 Å². The maximum Gasteiger partial charge on any atom is 0.243 e. The molecule has 1 aromatic carbocycles. The van der Waals surface area contributed by atoms with Crippen molar-refractivity contribution in [1.29, 1.82) is 0 Å². The fourth-order valence-corrected chi connectivity index (χ4v) is 2.01. The number of likely N-dealkylation sites (N-methyl/N-ethyl adjacent to an activating group) is 1. The lowest BCUT2D eigenvalue weighted by Crippen LogP contribution is -2.40. The SMILES string of the molecule is C=C(C)CNC(=NCC(=O)N(C)C)NC(C)c1ccc(CC)cc1. The first-order chi connectivity index (χ1) is 11.3. The molecule has 0 aliphatic carbocycles. The molecule has 5 heteroatoms. The maximum atomic E-state index is 11.8. The number of aryl methyl sites for hydroxylation is 1. The third-order valence-electron chi connectivity index (χ3n) is 3.67. The normalized spacial score (nSPS) is 12.5. The van der Waals surface area contributed by atoms with Crippen molar-refractivity contribution in [2.75, 3.05) is 27.2 Å². The highest BCUT2D eigenvalue weighted by Gasteiger charge is 2.09. The van der Waals surface area contributed by atoms with Crippen molar-refractivity contribution in [3.05, 3.63) is 47.5 Å². The van der Waals surface area contributed by atoms with E-state index in [0.717, 1.165) is 12.0 Å². The minimum Gasteiger partial charge on any atom is -0.353 e. The van der Waals surface area contributed by atoms with Crippen LogP contribution in [0.5, 0.6) is 0 Å². The van der Waals surface area contributed by atoms with Gasteiger partial charge in [-0.2, -0.15) is 0 Å². The van der Waals surface area contributed by atoms with E-state index >= 15 is 0 Å². The van der Waals surface area contributed by atoms with E-state index in [-0.39, 0.29) is 18.5 Å². The largest absolute Gasteiger partial charge is 0.353 e. The minimum atomic E-state index is -0.0358. The molecule has 0 heterocycles. The lowest BCUT2D eigenvalue weighted by molar-refractivity contribution is -0.127. The molecule has 1 atom stereocenters. The number of nitrogens with zero attached hydrogens (tertiary/aromatic N) is 2. The van der Waals surface area contributed by atoms with E-state index in [1.807, 2.05) is 6.92 Å². The van der Waals surface area contributed by atoms with Crippen LogP contribution in [0.1, 0.15) is 37.9 Å². The Bertz CT molecular complexity index is 576. The molecule has 1 rings (SSSR count). The number of aliphatic imine (C=N–C) groups is 1. The fraction of sp³-hybridized carbons (Fsp3) is 0.474. The second kappa shape index (κ2) is 9.75. The van der Waals surface area contributed by atoms with E-state index in [0.29, 0.717) is 12.5 Å². The van der Waals surface area contributed by atoms with Gasteiger partial charge in [-0.15, -0.1) is 0 Å². The van der Waals surface area contributed by atoms with Gasteiger partial charge >= 0.3 is 0 Å². The van der Waals surface area contributed by atoms with Crippen molar-refractivity contribution in [2.45, 2.75) is 33.2 Å². The first-order valence-electron chi connectivity index (χ1n) is 8.31. The second-order valence-electron chi connectivity index (χ2n) is 6.22. The Morgan fingerprint density at radius 1 is 1.29 bits per heavy atom. The topological polar surface area (TPSA) is 56.7 Å². The number of hydrogen-bond acceptors (Lipinski definition) is 2. The molecule has 1 unspecified atom stereocenters. The molecule has 5 nitrogen and oxygen atoms in total. The molecule has 24 heavy (non-hydrogen) atoms. The summed E-state index contributed by atoms with van der Waals surface area (Å²) in [4.78, 5) is 17.7. The fourth-order valence-electron chi connectivity index (χ4n) is 2.01. The van der Waals surface area contributed by atoms with Crippen LogP contribution in [0.2, 0.25) is 0 Å². The standard InChI is InChI=1S/C19H30N4O/c1-7-16-8-10-17(11-9-16)15(4)22-19(20-12-14(2)3)21-13-18(24)23(5)6/h8-11,15H,2,7,12-13H2,1,3-6H3,(H2,20,21,22). The van der Waals surface area contributed by atoms with Gasteiger partial charge in [0.15, 0.2) is 5.96 Å². The van der Waals surface area contributed by atoms with Crippen molar-refractivity contribution < 1.29 is 4.79 Å². The van der Waals surface area contributed by atoms with E-state index < -0.39 is 0 Å². The molecule has 2 N–H and O–H groups in total. The summed E-state index contributed by atoms with van der Waals surface area (Å²) in [6.45, 7) is 10.8. The first kappa shape index (κ1) is 19.7. The number of carbonyl (C=O) groups excluding carboxylic acids is 1. The van der Waals surface area contributed by atoms with Crippen LogP contribution in [0.25, 0.3) is 0 Å². The zero-order valence-electron chi connectivity index (χ0n) is 15.5. The quantitative estimate of drug-likeness (QED) is 0.459. The van der Waals surface area contributed by atoms with E-state index in [2.05, 4.69) is 60.3 Å². The Morgan fingerprint density at radius 2 is 1.92 bits per heavy atom. The Kier molecular flexibility index (Phi) is 8.02. The van der Waals surface area contributed by atoms with Crippen LogP contribution in [0.4, 0.5) is 0 Å². The number of carbonyl (C=O) groups is 1. The summed E-state index contributed by atoms with van der Waals surface area (Å²) >= 11 is 0. The Hall–Kier alpha value is -2.30. The summed E-state index contributed by atoms with van der Waals surface area (Å²) in [6, 6.07) is 8.61. The van der Waals surface area contributed by atoms with Gasteiger partial charge in [-0.25, -0.2) is 4.99 Å². The highest BCUT2D eigenvalue weighted by Crippen LogP contribution is 2.13. The molecule has 0 bridgehead atoms. The van der Waals surface area contributed by atoms with Crippen LogP contribution in [0.3, 0.4) is 0 Å². The number of nitrogens with one attached hydrogen (secondary N) is 2. The van der Waals surface area contributed by atoms with E-state index in [1.54, 1.807) is 14.1 Å². The minimum absolute atomic E-state index is 0.0358. The second-order valence-corrected chi connectivity index (χ2v) is 6.22. The number of rotatable bonds is 7. The lowest BCUT2D eigenvalue weighted by atomic mass is 10.1. The Morgan fingerprint density at radius 3 is 2.42 bits per heavy atom. The van der Waals surface area contributed by atoms with E-state index in [1.165, 1.54) is 16.0 Å². The van der Waals surface area contributed by atoms with Crippen LogP contribution in [0.15, 0.2) is 41.4 Å². The molecule has 0 fully saturated rings. The smallest absolute Gasteiger partial charge is 0.243 e. The van der Waals surface area contributed by atoms with Crippen LogP contribution < -0.4 is 10.6 Å². The zero-order valence-corrected chi connectivity index (χ0v) is 15.5.